The molecule has 1 aromatic rings. The standard InChI is InChI=1S/C6H4N4O4S/c11-3-2-9(5(12)8-3)6-7-1-4(15-6)10(13)14/h1H,2H2,(H,8,11,12). The Morgan fingerprint density at radius 1 is 1.60 bits per heavy atom. The fraction of sp³-hybridized carbons (Fsp3) is 0.167. The smallest absolute Gasteiger partial charge is 0.276 e. The Balaban J connectivity index is 2.26. The minimum atomic E-state index is -0.607. The molecule has 0 aliphatic carbocycles. The maximum absolute atomic E-state index is 11.2. The number of carbonyl (C=O) groups is 2. The summed E-state index contributed by atoms with van der Waals surface area (Å²) in [4.78, 5) is 36.5. The van der Waals surface area contributed by atoms with Crippen molar-refractivity contribution in [2.75, 3.05) is 11.4 Å². The lowest BCUT2D eigenvalue weighted by Gasteiger charge is -2.06. The molecule has 0 unspecified atom stereocenters. The molecule has 0 saturated carbocycles. The van der Waals surface area contributed by atoms with Crippen molar-refractivity contribution < 1.29 is 14.5 Å². The number of urea groups is 1. The van der Waals surface area contributed by atoms with E-state index < -0.39 is 16.9 Å². The van der Waals surface area contributed by atoms with Crippen molar-refractivity contribution in [1.29, 1.82) is 0 Å². The number of hydrogen-bond donors (Lipinski definition) is 1. The van der Waals surface area contributed by atoms with Gasteiger partial charge in [0.25, 0.3) is 0 Å². The molecule has 78 valence electrons. The number of nitro groups is 1. The molecule has 0 aromatic carbocycles. The van der Waals surface area contributed by atoms with E-state index in [1.54, 1.807) is 0 Å². The van der Waals surface area contributed by atoms with Gasteiger partial charge >= 0.3 is 11.0 Å². The molecule has 15 heavy (non-hydrogen) atoms. The van der Waals surface area contributed by atoms with Crippen molar-refractivity contribution in [3.63, 3.8) is 0 Å². The molecule has 1 aliphatic heterocycles. The summed E-state index contributed by atoms with van der Waals surface area (Å²) < 4.78 is 0. The highest BCUT2D eigenvalue weighted by Gasteiger charge is 2.31. The molecule has 8 nitrogen and oxygen atoms in total. The highest BCUT2D eigenvalue weighted by Crippen LogP contribution is 2.28. The van der Waals surface area contributed by atoms with E-state index in [4.69, 9.17) is 0 Å². The van der Waals surface area contributed by atoms with Gasteiger partial charge in [0.1, 0.15) is 12.7 Å². The number of nitrogens with one attached hydrogen (secondary N) is 1. The van der Waals surface area contributed by atoms with Gasteiger partial charge in [-0.2, -0.15) is 0 Å². The van der Waals surface area contributed by atoms with Crippen molar-refractivity contribution >= 4 is 33.4 Å². The number of thiazole rings is 1. The zero-order chi connectivity index (χ0) is 11.0. The summed E-state index contributed by atoms with van der Waals surface area (Å²) in [5.74, 6) is -0.446. The summed E-state index contributed by atoms with van der Waals surface area (Å²) in [6.45, 7) is -0.149. The van der Waals surface area contributed by atoms with E-state index in [0.29, 0.717) is 0 Å². The van der Waals surface area contributed by atoms with Gasteiger partial charge < -0.3 is 0 Å². The third-order valence-electron chi connectivity index (χ3n) is 1.69. The second-order valence-electron chi connectivity index (χ2n) is 2.68. The summed E-state index contributed by atoms with van der Waals surface area (Å²) in [7, 11) is 0. The molecule has 1 aliphatic rings. The van der Waals surface area contributed by atoms with E-state index in [1.165, 1.54) is 0 Å². The Morgan fingerprint density at radius 3 is 2.80 bits per heavy atom. The fourth-order valence-electron chi connectivity index (χ4n) is 1.06. The summed E-state index contributed by atoms with van der Waals surface area (Å²) in [6, 6.07) is -0.607. The van der Waals surface area contributed by atoms with E-state index in [-0.39, 0.29) is 16.7 Å². The van der Waals surface area contributed by atoms with Crippen molar-refractivity contribution in [2.24, 2.45) is 0 Å². The Kier molecular flexibility index (Phi) is 2.08. The molecule has 0 radical (unpaired) electrons. The van der Waals surface area contributed by atoms with Crippen LogP contribution >= 0.6 is 11.3 Å². The monoisotopic (exact) mass is 228 g/mol. The number of nitrogens with zero attached hydrogens (tertiary/aromatic N) is 3. The molecule has 0 atom stereocenters. The van der Waals surface area contributed by atoms with Crippen LogP contribution in [0.4, 0.5) is 14.9 Å². The predicted molar refractivity (Wildman–Crippen MR) is 49.7 cm³/mol. The first kappa shape index (κ1) is 9.52. The van der Waals surface area contributed by atoms with Crippen LogP contribution in [0, 0.1) is 10.1 Å². The van der Waals surface area contributed by atoms with Crippen molar-refractivity contribution in [1.82, 2.24) is 10.3 Å². The zero-order valence-corrected chi connectivity index (χ0v) is 7.98. The lowest BCUT2D eigenvalue weighted by Crippen LogP contribution is -2.27. The molecule has 1 saturated heterocycles. The Morgan fingerprint density at radius 2 is 2.33 bits per heavy atom. The first-order valence-corrected chi connectivity index (χ1v) is 4.61. The van der Waals surface area contributed by atoms with Crippen molar-refractivity contribution in [3.05, 3.63) is 16.3 Å². The zero-order valence-electron chi connectivity index (χ0n) is 7.17. The number of amides is 3. The number of carbonyl (C=O) groups excluding carboxylic acids is 2. The summed E-state index contributed by atoms with van der Waals surface area (Å²) in [6.07, 6.45) is 1.05. The minimum Gasteiger partial charge on any atom is -0.276 e. The average Bonchev–Trinajstić information content (AvgIpc) is 2.71. The number of aromatic nitrogens is 1. The fourth-order valence-corrected chi connectivity index (χ4v) is 1.79. The lowest BCUT2D eigenvalue weighted by molar-refractivity contribution is -0.380. The van der Waals surface area contributed by atoms with Gasteiger partial charge in [-0.1, -0.05) is 0 Å². The normalized spacial score (nSPS) is 15.6. The lowest BCUT2D eigenvalue weighted by atomic mass is 10.6. The van der Waals surface area contributed by atoms with Crippen LogP contribution in [0.15, 0.2) is 6.20 Å². The van der Waals surface area contributed by atoms with Gasteiger partial charge in [0.2, 0.25) is 5.91 Å². The van der Waals surface area contributed by atoms with Crippen LogP contribution in [0.5, 0.6) is 0 Å². The Labute approximate surface area is 86.7 Å². The summed E-state index contributed by atoms with van der Waals surface area (Å²) >= 11 is 0.747. The first-order chi connectivity index (χ1) is 7.08. The molecular weight excluding hydrogens is 224 g/mol. The van der Waals surface area contributed by atoms with Crippen LogP contribution < -0.4 is 10.2 Å². The van der Waals surface area contributed by atoms with Gasteiger partial charge in [0.05, 0.1) is 4.92 Å². The molecule has 1 N–H and O–H groups in total. The quantitative estimate of drug-likeness (QED) is 0.439. The van der Waals surface area contributed by atoms with Crippen LogP contribution in [0.2, 0.25) is 0 Å². The molecule has 2 heterocycles. The molecule has 0 spiro atoms. The number of hydrogen-bond acceptors (Lipinski definition) is 6. The maximum atomic E-state index is 11.2. The van der Waals surface area contributed by atoms with E-state index in [2.05, 4.69) is 4.98 Å². The Bertz CT molecular complexity index is 456. The van der Waals surface area contributed by atoms with Crippen LogP contribution in [0.1, 0.15) is 0 Å². The van der Waals surface area contributed by atoms with Gasteiger partial charge in [0.15, 0.2) is 5.13 Å². The number of rotatable bonds is 2. The average molecular weight is 228 g/mol. The summed E-state index contributed by atoms with van der Waals surface area (Å²) in [5.41, 5.74) is 0. The van der Waals surface area contributed by atoms with Gasteiger partial charge in [-0.15, -0.1) is 0 Å². The van der Waals surface area contributed by atoms with Crippen LogP contribution in [0.3, 0.4) is 0 Å². The van der Waals surface area contributed by atoms with Gasteiger partial charge in [0, 0.05) is 0 Å². The van der Waals surface area contributed by atoms with E-state index >= 15 is 0 Å². The summed E-state index contributed by atoms with van der Waals surface area (Å²) in [5, 5.41) is 12.4. The minimum absolute atomic E-state index is 0.144. The van der Waals surface area contributed by atoms with Gasteiger partial charge in [-0.3, -0.25) is 25.1 Å². The topological polar surface area (TPSA) is 105 Å². The Hall–Kier alpha value is -2.03. The van der Waals surface area contributed by atoms with E-state index in [0.717, 1.165) is 22.4 Å². The molecule has 9 heteroatoms. The highest BCUT2D eigenvalue weighted by molar-refractivity contribution is 7.18. The number of imide groups is 1. The second kappa shape index (κ2) is 3.28. The largest absolute Gasteiger partial charge is 0.345 e. The van der Waals surface area contributed by atoms with E-state index in [9.17, 15) is 19.7 Å². The molecule has 0 bridgehead atoms. The predicted octanol–water partition coefficient (Wildman–Crippen LogP) is 0.107. The maximum Gasteiger partial charge on any atom is 0.345 e. The first-order valence-electron chi connectivity index (χ1n) is 3.79. The van der Waals surface area contributed by atoms with Crippen LogP contribution in [-0.4, -0.2) is 28.4 Å². The van der Waals surface area contributed by atoms with Crippen LogP contribution in [0.25, 0.3) is 0 Å². The van der Waals surface area contributed by atoms with Gasteiger partial charge in [-0.25, -0.2) is 9.78 Å². The molecule has 2 rings (SSSR count). The molecule has 1 fully saturated rings. The second-order valence-corrected chi connectivity index (χ2v) is 3.67. The molecule has 3 amide bonds. The third kappa shape index (κ3) is 1.64. The van der Waals surface area contributed by atoms with Crippen LogP contribution in [-0.2, 0) is 4.79 Å². The van der Waals surface area contributed by atoms with Gasteiger partial charge in [-0.05, 0) is 11.3 Å². The van der Waals surface area contributed by atoms with Crippen molar-refractivity contribution in [2.45, 2.75) is 0 Å². The SMILES string of the molecule is O=C1CN(c2ncc([N+](=O)[O-])s2)C(=O)N1. The highest BCUT2D eigenvalue weighted by atomic mass is 32.1. The molecular formula is C6H4N4O4S. The van der Waals surface area contributed by atoms with Crippen molar-refractivity contribution in [3.8, 4) is 0 Å². The van der Waals surface area contributed by atoms with E-state index in [1.807, 2.05) is 5.32 Å². The molecule has 1 aromatic heterocycles. The third-order valence-corrected chi connectivity index (χ3v) is 2.66. The number of anilines is 1.